The highest BCUT2D eigenvalue weighted by Gasteiger charge is 2.43. The number of rotatable bonds is 5. The van der Waals surface area contributed by atoms with E-state index in [0.29, 0.717) is 24.2 Å². The third kappa shape index (κ3) is 3.44. The van der Waals surface area contributed by atoms with E-state index in [1.807, 2.05) is 7.05 Å². The van der Waals surface area contributed by atoms with Gasteiger partial charge in [-0.15, -0.1) is 0 Å². The second kappa shape index (κ2) is 7.07. The summed E-state index contributed by atoms with van der Waals surface area (Å²) in [5, 5.41) is 17.5. The number of likely N-dealkylation sites (tertiary alicyclic amines) is 1. The summed E-state index contributed by atoms with van der Waals surface area (Å²) in [6, 6.07) is 6.71. The Morgan fingerprint density at radius 2 is 2.12 bits per heavy atom. The zero-order valence-corrected chi connectivity index (χ0v) is 14.1. The van der Waals surface area contributed by atoms with Crippen molar-refractivity contribution in [3.05, 3.63) is 34.4 Å². The van der Waals surface area contributed by atoms with Crippen molar-refractivity contribution in [3.8, 4) is 0 Å². The predicted molar refractivity (Wildman–Crippen MR) is 95.4 cm³/mol. The van der Waals surface area contributed by atoms with E-state index in [2.05, 4.69) is 20.5 Å². The number of benzene rings is 1. The van der Waals surface area contributed by atoms with Crippen molar-refractivity contribution in [1.82, 2.24) is 10.2 Å². The Labute approximate surface area is 142 Å². The minimum atomic E-state index is -0.364. The lowest BCUT2D eigenvalue weighted by molar-refractivity contribution is -0.384. The van der Waals surface area contributed by atoms with Crippen LogP contribution in [0.4, 0.5) is 11.4 Å². The Hall–Kier alpha value is -2.31. The fraction of sp³-hybridized carbons (Fsp3) is 0.588. The highest BCUT2D eigenvalue weighted by molar-refractivity contribution is 5.80. The number of hydrogen-bond acceptors (Lipinski definition) is 4. The number of anilines is 1. The summed E-state index contributed by atoms with van der Waals surface area (Å²) in [5.74, 6) is 0.933. The van der Waals surface area contributed by atoms with Crippen LogP contribution in [0.3, 0.4) is 0 Å². The van der Waals surface area contributed by atoms with E-state index in [4.69, 9.17) is 0 Å². The van der Waals surface area contributed by atoms with Crippen LogP contribution < -0.4 is 10.6 Å². The summed E-state index contributed by atoms with van der Waals surface area (Å²) in [5.41, 5.74) is 1.20. The van der Waals surface area contributed by atoms with E-state index in [9.17, 15) is 10.1 Å². The molecule has 1 aromatic carbocycles. The Morgan fingerprint density at radius 3 is 2.75 bits per heavy atom. The largest absolute Gasteiger partial charge is 0.378 e. The summed E-state index contributed by atoms with van der Waals surface area (Å²) >= 11 is 0. The topological polar surface area (TPSA) is 82.8 Å². The zero-order valence-electron chi connectivity index (χ0n) is 14.1. The second-order valence-corrected chi connectivity index (χ2v) is 6.70. The molecule has 1 heterocycles. The van der Waals surface area contributed by atoms with Crippen LogP contribution in [0.1, 0.15) is 25.7 Å². The van der Waals surface area contributed by atoms with Crippen molar-refractivity contribution in [2.75, 3.05) is 38.5 Å². The average molecular weight is 331 g/mol. The molecule has 0 atom stereocenters. The van der Waals surface area contributed by atoms with Gasteiger partial charge in [0, 0.05) is 39.3 Å². The molecule has 24 heavy (non-hydrogen) atoms. The Balaban J connectivity index is 1.47. The number of para-hydroxylation sites is 2. The minimum Gasteiger partial charge on any atom is -0.378 e. The highest BCUT2D eigenvalue weighted by Crippen LogP contribution is 2.47. The van der Waals surface area contributed by atoms with E-state index in [-0.39, 0.29) is 10.6 Å². The summed E-state index contributed by atoms with van der Waals surface area (Å²) < 4.78 is 0. The van der Waals surface area contributed by atoms with Crippen LogP contribution in [0, 0.1) is 15.5 Å². The van der Waals surface area contributed by atoms with Gasteiger partial charge in [-0.25, -0.2) is 0 Å². The first-order chi connectivity index (χ1) is 11.6. The quantitative estimate of drug-likeness (QED) is 0.285. The predicted octanol–water partition coefficient (Wildman–Crippen LogP) is 2.46. The molecule has 1 saturated carbocycles. The van der Waals surface area contributed by atoms with Crippen LogP contribution in [0.2, 0.25) is 0 Å². The number of aliphatic imine (C=N–C) groups is 1. The molecule has 3 rings (SSSR count). The molecule has 130 valence electrons. The van der Waals surface area contributed by atoms with Crippen molar-refractivity contribution < 1.29 is 4.92 Å². The standard InChI is InChI=1S/C17H25N5O2/c1-18-16(21-12-9-17(13-21)7-4-8-17)20-11-10-19-14-5-2-3-6-15(14)22(23)24/h2-3,5-6,19H,4,7-13H2,1H3,(H,18,20). The molecule has 1 aliphatic heterocycles. The molecular weight excluding hydrogens is 306 g/mol. The summed E-state index contributed by atoms with van der Waals surface area (Å²) in [4.78, 5) is 17.4. The first-order valence-electron chi connectivity index (χ1n) is 8.56. The SMILES string of the molecule is CN=C(NCCNc1ccccc1[N+](=O)[O-])N1CCC2(CCC2)C1. The number of nitrogens with zero attached hydrogens (tertiary/aromatic N) is 3. The first-order valence-corrected chi connectivity index (χ1v) is 8.56. The molecule has 2 fully saturated rings. The van der Waals surface area contributed by atoms with Gasteiger partial charge in [-0.3, -0.25) is 15.1 Å². The van der Waals surface area contributed by atoms with Gasteiger partial charge in [0.05, 0.1) is 4.92 Å². The van der Waals surface area contributed by atoms with Gasteiger partial charge in [0.2, 0.25) is 0 Å². The van der Waals surface area contributed by atoms with Crippen LogP contribution in [-0.2, 0) is 0 Å². The number of guanidine groups is 1. The van der Waals surface area contributed by atoms with Gasteiger partial charge in [0.1, 0.15) is 5.69 Å². The average Bonchev–Trinajstić information content (AvgIpc) is 3.01. The number of nitro groups is 1. The van der Waals surface area contributed by atoms with Crippen molar-refractivity contribution in [3.63, 3.8) is 0 Å². The molecule has 0 unspecified atom stereocenters. The van der Waals surface area contributed by atoms with Crippen LogP contribution in [0.25, 0.3) is 0 Å². The Kier molecular flexibility index (Phi) is 4.87. The molecule has 2 N–H and O–H groups in total. The lowest BCUT2D eigenvalue weighted by Gasteiger charge is -2.38. The van der Waals surface area contributed by atoms with Gasteiger partial charge in [0.25, 0.3) is 5.69 Å². The smallest absolute Gasteiger partial charge is 0.292 e. The highest BCUT2D eigenvalue weighted by atomic mass is 16.6. The minimum absolute atomic E-state index is 0.105. The van der Waals surface area contributed by atoms with E-state index < -0.39 is 0 Å². The van der Waals surface area contributed by atoms with E-state index >= 15 is 0 Å². The maximum absolute atomic E-state index is 11.0. The maximum Gasteiger partial charge on any atom is 0.292 e. The van der Waals surface area contributed by atoms with Gasteiger partial charge in [-0.2, -0.15) is 0 Å². The van der Waals surface area contributed by atoms with E-state index in [1.54, 1.807) is 18.2 Å². The van der Waals surface area contributed by atoms with E-state index in [1.165, 1.54) is 31.7 Å². The number of nitro benzene ring substituents is 1. The molecule has 1 aliphatic carbocycles. The zero-order chi connectivity index (χ0) is 17.0. The van der Waals surface area contributed by atoms with Gasteiger partial charge >= 0.3 is 0 Å². The number of hydrogen-bond donors (Lipinski definition) is 2. The molecule has 0 aromatic heterocycles. The van der Waals surface area contributed by atoms with Gasteiger partial charge in [-0.05, 0) is 30.7 Å². The Bertz CT molecular complexity index is 627. The monoisotopic (exact) mass is 331 g/mol. The van der Waals surface area contributed by atoms with Crippen molar-refractivity contribution in [2.24, 2.45) is 10.4 Å². The normalized spacial score (nSPS) is 19.2. The lowest BCUT2D eigenvalue weighted by atomic mass is 9.68. The second-order valence-electron chi connectivity index (χ2n) is 6.70. The van der Waals surface area contributed by atoms with Crippen molar-refractivity contribution in [1.29, 1.82) is 0 Å². The summed E-state index contributed by atoms with van der Waals surface area (Å²) in [6.07, 6.45) is 5.32. The fourth-order valence-electron chi connectivity index (χ4n) is 3.69. The molecule has 1 spiro atoms. The van der Waals surface area contributed by atoms with Crippen molar-refractivity contribution in [2.45, 2.75) is 25.7 Å². The van der Waals surface area contributed by atoms with Gasteiger partial charge in [-0.1, -0.05) is 18.6 Å². The van der Waals surface area contributed by atoms with Crippen LogP contribution in [0.15, 0.2) is 29.3 Å². The first kappa shape index (κ1) is 16.5. The molecular formula is C17H25N5O2. The molecule has 0 bridgehead atoms. The van der Waals surface area contributed by atoms with Crippen LogP contribution in [0.5, 0.6) is 0 Å². The van der Waals surface area contributed by atoms with Crippen LogP contribution in [-0.4, -0.2) is 49.0 Å². The fourth-order valence-corrected chi connectivity index (χ4v) is 3.69. The molecule has 7 nitrogen and oxygen atoms in total. The molecule has 1 aromatic rings. The number of nitrogens with one attached hydrogen (secondary N) is 2. The molecule has 2 aliphatic rings. The molecule has 0 radical (unpaired) electrons. The van der Waals surface area contributed by atoms with Gasteiger partial charge < -0.3 is 15.5 Å². The van der Waals surface area contributed by atoms with E-state index in [0.717, 1.165) is 19.0 Å². The Morgan fingerprint density at radius 1 is 1.33 bits per heavy atom. The van der Waals surface area contributed by atoms with Gasteiger partial charge in [0.15, 0.2) is 5.96 Å². The summed E-state index contributed by atoms with van der Waals surface area (Å²) in [6.45, 7) is 3.44. The lowest BCUT2D eigenvalue weighted by Crippen LogP contribution is -2.43. The molecule has 1 saturated heterocycles. The third-order valence-electron chi connectivity index (χ3n) is 5.19. The summed E-state index contributed by atoms with van der Waals surface area (Å²) in [7, 11) is 1.81. The molecule has 0 amide bonds. The van der Waals surface area contributed by atoms with Crippen LogP contribution >= 0.6 is 0 Å². The molecule has 7 heteroatoms. The maximum atomic E-state index is 11.0. The third-order valence-corrected chi connectivity index (χ3v) is 5.19. The van der Waals surface area contributed by atoms with Crippen molar-refractivity contribution >= 4 is 17.3 Å².